The molecule has 0 bridgehead atoms. The Balaban J connectivity index is 1.70. The van der Waals surface area contributed by atoms with Gasteiger partial charge < -0.3 is 24.6 Å². The number of carbonyl (C=O) groups excluding carboxylic acids is 1. The fraction of sp³-hybridized carbons (Fsp3) is 0.867. The second-order valence-electron chi connectivity index (χ2n) is 5.57. The number of piperazine rings is 1. The van der Waals surface area contributed by atoms with Crippen LogP contribution >= 0.6 is 0 Å². The van der Waals surface area contributed by atoms with Gasteiger partial charge in [0.1, 0.15) is 0 Å². The standard InChI is InChI=1S/C15H28N4O3/c1-3-21-15(20)19-10-8-18(9-11-19)14(16-2)17-7-6-13-5-4-12-22-13/h13H,3-12H2,1-2H3,(H,16,17). The zero-order chi connectivity index (χ0) is 15.8. The van der Waals surface area contributed by atoms with Crippen molar-refractivity contribution in [3.05, 3.63) is 0 Å². The second-order valence-corrected chi connectivity index (χ2v) is 5.57. The fourth-order valence-corrected chi connectivity index (χ4v) is 2.86. The number of aliphatic imine (C=N–C) groups is 1. The molecular weight excluding hydrogens is 284 g/mol. The smallest absolute Gasteiger partial charge is 0.409 e. The highest BCUT2D eigenvalue weighted by Crippen LogP contribution is 2.14. The molecule has 2 aliphatic rings. The van der Waals surface area contributed by atoms with Crippen LogP contribution in [0.15, 0.2) is 4.99 Å². The van der Waals surface area contributed by atoms with Crippen LogP contribution in [0.5, 0.6) is 0 Å². The van der Waals surface area contributed by atoms with Gasteiger partial charge in [0.25, 0.3) is 0 Å². The molecular formula is C15H28N4O3. The lowest BCUT2D eigenvalue weighted by Crippen LogP contribution is -2.54. The normalized spacial score (nSPS) is 22.8. The molecule has 2 heterocycles. The molecule has 2 fully saturated rings. The number of guanidine groups is 1. The van der Waals surface area contributed by atoms with Gasteiger partial charge in [-0.15, -0.1) is 0 Å². The number of nitrogens with one attached hydrogen (secondary N) is 1. The molecule has 1 unspecified atom stereocenters. The predicted octanol–water partition coefficient (Wildman–Crippen LogP) is 0.905. The topological polar surface area (TPSA) is 66.4 Å². The minimum Gasteiger partial charge on any atom is -0.450 e. The maximum atomic E-state index is 11.7. The van der Waals surface area contributed by atoms with Crippen LogP contribution in [-0.4, -0.2) is 80.9 Å². The highest BCUT2D eigenvalue weighted by molar-refractivity contribution is 5.80. The van der Waals surface area contributed by atoms with Gasteiger partial charge in [0.15, 0.2) is 5.96 Å². The van der Waals surface area contributed by atoms with E-state index >= 15 is 0 Å². The van der Waals surface area contributed by atoms with Crippen molar-refractivity contribution >= 4 is 12.1 Å². The zero-order valence-corrected chi connectivity index (χ0v) is 13.7. The van der Waals surface area contributed by atoms with Crippen molar-refractivity contribution in [1.29, 1.82) is 0 Å². The molecule has 1 atom stereocenters. The number of hydrogen-bond donors (Lipinski definition) is 1. The van der Waals surface area contributed by atoms with Gasteiger partial charge in [-0.05, 0) is 26.2 Å². The van der Waals surface area contributed by atoms with Crippen molar-refractivity contribution in [1.82, 2.24) is 15.1 Å². The first-order valence-electron chi connectivity index (χ1n) is 8.23. The van der Waals surface area contributed by atoms with Crippen LogP contribution in [-0.2, 0) is 9.47 Å². The molecule has 2 rings (SSSR count). The summed E-state index contributed by atoms with van der Waals surface area (Å²) in [6, 6.07) is 0. The lowest BCUT2D eigenvalue weighted by Gasteiger charge is -2.35. The predicted molar refractivity (Wildman–Crippen MR) is 85.1 cm³/mol. The SMILES string of the molecule is CCOC(=O)N1CCN(C(=NC)NCCC2CCCO2)CC1. The van der Waals surface area contributed by atoms with Crippen LogP contribution in [0.25, 0.3) is 0 Å². The van der Waals surface area contributed by atoms with E-state index in [1.165, 1.54) is 12.8 Å². The Morgan fingerprint density at radius 2 is 2.05 bits per heavy atom. The Hall–Kier alpha value is -1.50. The number of ether oxygens (including phenoxy) is 2. The molecule has 0 aromatic rings. The number of carbonyl (C=O) groups is 1. The molecule has 7 heteroatoms. The molecule has 1 amide bonds. The maximum Gasteiger partial charge on any atom is 0.409 e. The van der Waals surface area contributed by atoms with Crippen molar-refractivity contribution in [3.8, 4) is 0 Å². The molecule has 126 valence electrons. The molecule has 7 nitrogen and oxygen atoms in total. The number of hydrogen-bond acceptors (Lipinski definition) is 4. The molecule has 22 heavy (non-hydrogen) atoms. The maximum absolute atomic E-state index is 11.7. The Morgan fingerprint density at radius 3 is 2.64 bits per heavy atom. The van der Waals surface area contributed by atoms with Crippen molar-refractivity contribution in [2.24, 2.45) is 4.99 Å². The first-order valence-corrected chi connectivity index (χ1v) is 8.23. The van der Waals surface area contributed by atoms with Crippen LogP contribution in [0.4, 0.5) is 4.79 Å². The van der Waals surface area contributed by atoms with Gasteiger partial charge in [0.05, 0.1) is 12.7 Å². The van der Waals surface area contributed by atoms with E-state index in [-0.39, 0.29) is 6.09 Å². The Kier molecular flexibility index (Phi) is 6.76. The molecule has 2 aliphatic heterocycles. The van der Waals surface area contributed by atoms with Crippen LogP contribution < -0.4 is 5.32 Å². The summed E-state index contributed by atoms with van der Waals surface area (Å²) in [7, 11) is 1.80. The Morgan fingerprint density at radius 1 is 1.32 bits per heavy atom. The van der Waals surface area contributed by atoms with Gasteiger partial charge in [-0.1, -0.05) is 0 Å². The summed E-state index contributed by atoms with van der Waals surface area (Å²) >= 11 is 0. The molecule has 0 spiro atoms. The van der Waals surface area contributed by atoms with Gasteiger partial charge in [-0.2, -0.15) is 0 Å². The number of nitrogens with zero attached hydrogens (tertiary/aromatic N) is 3. The molecule has 0 radical (unpaired) electrons. The van der Waals surface area contributed by atoms with Gasteiger partial charge in [0.2, 0.25) is 0 Å². The lowest BCUT2D eigenvalue weighted by molar-refractivity contribution is 0.0909. The van der Waals surface area contributed by atoms with Gasteiger partial charge in [-0.25, -0.2) is 4.79 Å². The molecule has 0 saturated carbocycles. The van der Waals surface area contributed by atoms with E-state index in [0.29, 0.717) is 25.8 Å². The summed E-state index contributed by atoms with van der Waals surface area (Å²) in [5.41, 5.74) is 0. The summed E-state index contributed by atoms with van der Waals surface area (Å²) < 4.78 is 10.7. The van der Waals surface area contributed by atoms with Crippen LogP contribution in [0.1, 0.15) is 26.2 Å². The summed E-state index contributed by atoms with van der Waals surface area (Å²) in [5.74, 6) is 0.904. The average molecular weight is 312 g/mol. The summed E-state index contributed by atoms with van der Waals surface area (Å²) in [6.07, 6.45) is 3.53. The van der Waals surface area contributed by atoms with Crippen LogP contribution in [0.2, 0.25) is 0 Å². The average Bonchev–Trinajstić information content (AvgIpc) is 3.05. The van der Waals surface area contributed by atoms with Crippen molar-refractivity contribution in [2.45, 2.75) is 32.3 Å². The Labute approximate surface area is 132 Å². The largest absolute Gasteiger partial charge is 0.450 e. The first-order chi connectivity index (χ1) is 10.7. The van der Waals surface area contributed by atoms with Crippen LogP contribution in [0.3, 0.4) is 0 Å². The molecule has 2 saturated heterocycles. The fourth-order valence-electron chi connectivity index (χ4n) is 2.86. The molecule has 0 aliphatic carbocycles. The highest BCUT2D eigenvalue weighted by Gasteiger charge is 2.23. The van der Waals surface area contributed by atoms with E-state index in [9.17, 15) is 4.79 Å². The minimum atomic E-state index is -0.219. The van der Waals surface area contributed by atoms with E-state index in [1.807, 2.05) is 6.92 Å². The van der Waals surface area contributed by atoms with Crippen molar-refractivity contribution in [3.63, 3.8) is 0 Å². The highest BCUT2D eigenvalue weighted by atomic mass is 16.6. The monoisotopic (exact) mass is 312 g/mol. The summed E-state index contributed by atoms with van der Waals surface area (Å²) in [6.45, 7) is 6.91. The number of rotatable bonds is 4. The van der Waals surface area contributed by atoms with E-state index < -0.39 is 0 Å². The van der Waals surface area contributed by atoms with E-state index in [2.05, 4.69) is 15.2 Å². The van der Waals surface area contributed by atoms with Crippen LogP contribution in [0, 0.1) is 0 Å². The second kappa shape index (κ2) is 8.82. The van der Waals surface area contributed by atoms with Gasteiger partial charge in [0, 0.05) is 46.4 Å². The van der Waals surface area contributed by atoms with E-state index in [1.54, 1.807) is 11.9 Å². The number of amides is 1. The molecule has 1 N–H and O–H groups in total. The minimum absolute atomic E-state index is 0.219. The lowest BCUT2D eigenvalue weighted by atomic mass is 10.2. The molecule has 0 aromatic carbocycles. The van der Waals surface area contributed by atoms with E-state index in [4.69, 9.17) is 9.47 Å². The van der Waals surface area contributed by atoms with E-state index in [0.717, 1.165) is 38.6 Å². The summed E-state index contributed by atoms with van der Waals surface area (Å²) in [5, 5.41) is 3.40. The third-order valence-corrected chi connectivity index (χ3v) is 4.09. The van der Waals surface area contributed by atoms with Crippen molar-refractivity contribution in [2.75, 3.05) is 53.0 Å². The third kappa shape index (κ3) is 4.76. The summed E-state index contributed by atoms with van der Waals surface area (Å²) in [4.78, 5) is 20.0. The van der Waals surface area contributed by atoms with Gasteiger partial charge >= 0.3 is 6.09 Å². The van der Waals surface area contributed by atoms with Crippen molar-refractivity contribution < 1.29 is 14.3 Å². The first kappa shape index (κ1) is 16.9. The molecule has 0 aromatic heterocycles. The zero-order valence-electron chi connectivity index (χ0n) is 13.7. The van der Waals surface area contributed by atoms with Gasteiger partial charge in [-0.3, -0.25) is 4.99 Å². The quantitative estimate of drug-likeness (QED) is 0.617. The third-order valence-electron chi connectivity index (χ3n) is 4.09. The Bertz CT molecular complexity index is 375.